The number of hydrogen-bond donors (Lipinski definition) is 3. The Morgan fingerprint density at radius 2 is 2.16 bits per heavy atom. The highest BCUT2D eigenvalue weighted by atomic mass is 19.4. The van der Waals surface area contributed by atoms with Crippen LogP contribution in [0.15, 0.2) is 24.5 Å². The van der Waals surface area contributed by atoms with Crippen molar-refractivity contribution in [3.8, 4) is 0 Å². The Bertz CT molecular complexity index is 943. The molecule has 2 aromatic heterocycles. The molecule has 1 aliphatic carbocycles. The second-order valence-corrected chi connectivity index (χ2v) is 6.07. The van der Waals surface area contributed by atoms with Crippen LogP contribution in [-0.4, -0.2) is 32.1 Å². The largest absolute Gasteiger partial charge is 0.416 e. The van der Waals surface area contributed by atoms with Gasteiger partial charge in [-0.2, -0.15) is 18.3 Å². The van der Waals surface area contributed by atoms with Gasteiger partial charge < -0.3 is 10.3 Å². The fourth-order valence-electron chi connectivity index (χ4n) is 3.14. The lowest BCUT2D eigenvalue weighted by molar-refractivity contribution is -0.137. The molecule has 1 unspecified atom stereocenters. The molecule has 1 amide bonds. The van der Waals surface area contributed by atoms with Crippen molar-refractivity contribution in [1.82, 2.24) is 25.5 Å². The number of carbonyl (C=O) groups is 1. The smallest absolute Gasteiger partial charge is 0.348 e. The number of hydrogen-bond acceptors (Lipinski definition) is 3. The molecular weight excluding hydrogens is 335 g/mol. The number of benzene rings is 1. The highest BCUT2D eigenvalue weighted by Crippen LogP contribution is 2.31. The Morgan fingerprint density at radius 3 is 2.96 bits per heavy atom. The summed E-state index contributed by atoms with van der Waals surface area (Å²) in [6.07, 6.45) is -0.783. The first-order valence-corrected chi connectivity index (χ1v) is 7.79. The molecule has 130 valence electrons. The van der Waals surface area contributed by atoms with E-state index in [2.05, 4.69) is 25.5 Å². The van der Waals surface area contributed by atoms with E-state index in [9.17, 15) is 18.0 Å². The van der Waals surface area contributed by atoms with Gasteiger partial charge in [0.05, 0.1) is 23.1 Å². The average Bonchev–Trinajstić information content (AvgIpc) is 3.19. The maximum absolute atomic E-state index is 12.9. The number of nitrogens with one attached hydrogen (secondary N) is 3. The van der Waals surface area contributed by atoms with Crippen LogP contribution < -0.4 is 5.32 Å². The molecule has 1 atom stereocenters. The zero-order valence-corrected chi connectivity index (χ0v) is 12.9. The molecule has 0 aliphatic heterocycles. The Balaban J connectivity index is 1.58. The summed E-state index contributed by atoms with van der Waals surface area (Å²) in [5, 5.41) is 9.51. The van der Waals surface area contributed by atoms with Crippen LogP contribution in [0.5, 0.6) is 0 Å². The lowest BCUT2D eigenvalue weighted by atomic mass is 9.96. The number of aryl methyl sites for hydroxylation is 1. The standard InChI is InChI=1S/C16H14F3N5O/c17-16(18,19)8-1-3-11-10(5-8)14(24-23-11)15(25)22-9-2-4-12-13(6-9)21-7-20-12/h1,3,5,7,9H,2,4,6H2,(H,20,21)(H,22,25)(H,23,24). The van der Waals surface area contributed by atoms with Gasteiger partial charge in [0.25, 0.3) is 5.91 Å². The summed E-state index contributed by atoms with van der Waals surface area (Å²) < 4.78 is 38.7. The van der Waals surface area contributed by atoms with Crippen LogP contribution in [0.4, 0.5) is 13.2 Å². The first kappa shape index (κ1) is 15.7. The monoisotopic (exact) mass is 349 g/mol. The SMILES string of the molecule is O=C(NC1CCc2nc[nH]c2C1)c1n[nH]c2ccc(C(F)(F)F)cc12. The molecule has 0 saturated carbocycles. The Labute approximate surface area is 139 Å². The predicted octanol–water partition coefficient (Wildman–Crippen LogP) is 2.59. The molecule has 4 rings (SSSR count). The zero-order chi connectivity index (χ0) is 17.6. The third-order valence-corrected chi connectivity index (χ3v) is 4.43. The number of aromatic amines is 2. The first-order chi connectivity index (χ1) is 11.9. The number of halogens is 3. The van der Waals surface area contributed by atoms with Crippen molar-refractivity contribution in [2.75, 3.05) is 0 Å². The van der Waals surface area contributed by atoms with Crippen LogP contribution >= 0.6 is 0 Å². The van der Waals surface area contributed by atoms with Gasteiger partial charge in [-0.3, -0.25) is 9.89 Å². The van der Waals surface area contributed by atoms with Gasteiger partial charge in [-0.05, 0) is 31.0 Å². The van der Waals surface area contributed by atoms with Gasteiger partial charge in [0.1, 0.15) is 0 Å². The van der Waals surface area contributed by atoms with E-state index in [-0.39, 0.29) is 17.1 Å². The Hall–Kier alpha value is -2.84. The normalized spacial score (nSPS) is 17.5. The zero-order valence-electron chi connectivity index (χ0n) is 12.9. The lowest BCUT2D eigenvalue weighted by Crippen LogP contribution is -2.39. The third-order valence-electron chi connectivity index (χ3n) is 4.43. The Kier molecular flexibility index (Phi) is 3.52. The van der Waals surface area contributed by atoms with E-state index in [0.717, 1.165) is 36.4 Å². The molecule has 0 spiro atoms. The maximum Gasteiger partial charge on any atom is 0.416 e. The van der Waals surface area contributed by atoms with Crippen molar-refractivity contribution >= 4 is 16.8 Å². The number of alkyl halides is 3. The molecule has 6 nitrogen and oxygen atoms in total. The van der Waals surface area contributed by atoms with E-state index >= 15 is 0 Å². The van der Waals surface area contributed by atoms with E-state index < -0.39 is 17.6 Å². The van der Waals surface area contributed by atoms with Crippen molar-refractivity contribution in [3.05, 3.63) is 47.2 Å². The summed E-state index contributed by atoms with van der Waals surface area (Å²) in [5.74, 6) is -0.487. The van der Waals surface area contributed by atoms with Crippen molar-refractivity contribution in [2.24, 2.45) is 0 Å². The molecule has 0 radical (unpaired) electrons. The van der Waals surface area contributed by atoms with Crippen molar-refractivity contribution in [3.63, 3.8) is 0 Å². The predicted molar refractivity (Wildman–Crippen MR) is 83.0 cm³/mol. The van der Waals surface area contributed by atoms with Crippen LogP contribution in [-0.2, 0) is 19.0 Å². The maximum atomic E-state index is 12.9. The molecule has 1 aromatic carbocycles. The number of imidazole rings is 1. The number of H-pyrrole nitrogens is 2. The minimum Gasteiger partial charge on any atom is -0.348 e. The van der Waals surface area contributed by atoms with E-state index in [1.54, 1.807) is 6.33 Å². The van der Waals surface area contributed by atoms with Crippen LogP contribution in [0.2, 0.25) is 0 Å². The van der Waals surface area contributed by atoms with E-state index in [0.29, 0.717) is 11.9 Å². The molecule has 3 N–H and O–H groups in total. The van der Waals surface area contributed by atoms with Crippen LogP contribution in [0, 0.1) is 0 Å². The summed E-state index contributed by atoms with van der Waals surface area (Å²) in [5.41, 5.74) is 1.51. The van der Waals surface area contributed by atoms with E-state index in [1.165, 1.54) is 6.07 Å². The van der Waals surface area contributed by atoms with Gasteiger partial charge in [-0.25, -0.2) is 4.98 Å². The minimum atomic E-state index is -4.47. The second kappa shape index (κ2) is 5.61. The number of nitrogens with zero attached hydrogens (tertiary/aromatic N) is 2. The average molecular weight is 349 g/mol. The molecule has 25 heavy (non-hydrogen) atoms. The molecule has 9 heteroatoms. The summed E-state index contributed by atoms with van der Waals surface area (Å²) in [4.78, 5) is 19.7. The quantitative estimate of drug-likeness (QED) is 0.665. The number of amides is 1. The molecule has 0 saturated heterocycles. The lowest BCUT2D eigenvalue weighted by Gasteiger charge is -2.22. The van der Waals surface area contributed by atoms with Gasteiger partial charge in [-0.15, -0.1) is 0 Å². The first-order valence-electron chi connectivity index (χ1n) is 7.79. The highest BCUT2D eigenvalue weighted by molar-refractivity contribution is 6.05. The molecule has 0 fully saturated rings. The van der Waals surface area contributed by atoms with Gasteiger partial charge in [0, 0.05) is 23.5 Å². The molecular formula is C16H14F3N5O. The fraction of sp³-hybridized carbons (Fsp3) is 0.312. The van der Waals surface area contributed by atoms with Gasteiger partial charge in [0.2, 0.25) is 0 Å². The van der Waals surface area contributed by atoms with Crippen LogP contribution in [0.25, 0.3) is 10.9 Å². The number of fused-ring (bicyclic) bond motifs is 2. The van der Waals surface area contributed by atoms with Gasteiger partial charge in [-0.1, -0.05) is 0 Å². The highest BCUT2D eigenvalue weighted by Gasteiger charge is 2.31. The van der Waals surface area contributed by atoms with Crippen LogP contribution in [0.3, 0.4) is 0 Å². The van der Waals surface area contributed by atoms with E-state index in [1.807, 2.05) is 0 Å². The van der Waals surface area contributed by atoms with Crippen molar-refractivity contribution in [2.45, 2.75) is 31.5 Å². The summed E-state index contributed by atoms with van der Waals surface area (Å²) in [7, 11) is 0. The van der Waals surface area contributed by atoms with Crippen molar-refractivity contribution < 1.29 is 18.0 Å². The second-order valence-electron chi connectivity index (χ2n) is 6.07. The summed E-state index contributed by atoms with van der Waals surface area (Å²) in [6.45, 7) is 0. The number of carbonyl (C=O) groups excluding carboxylic acids is 1. The number of aromatic nitrogens is 4. The minimum absolute atomic E-state index is 0.0310. The Morgan fingerprint density at radius 1 is 1.32 bits per heavy atom. The molecule has 0 bridgehead atoms. The fourth-order valence-corrected chi connectivity index (χ4v) is 3.14. The van der Waals surface area contributed by atoms with Gasteiger partial charge in [0.15, 0.2) is 5.69 Å². The summed E-state index contributed by atoms with van der Waals surface area (Å²) >= 11 is 0. The van der Waals surface area contributed by atoms with Crippen LogP contribution in [0.1, 0.15) is 33.9 Å². The van der Waals surface area contributed by atoms with E-state index in [4.69, 9.17) is 0 Å². The third kappa shape index (κ3) is 2.86. The number of rotatable bonds is 2. The molecule has 2 heterocycles. The molecule has 3 aromatic rings. The molecule has 1 aliphatic rings. The van der Waals surface area contributed by atoms with Crippen molar-refractivity contribution in [1.29, 1.82) is 0 Å². The summed E-state index contributed by atoms with van der Waals surface area (Å²) in [6, 6.07) is 3.07. The topological polar surface area (TPSA) is 86.5 Å². The van der Waals surface area contributed by atoms with Gasteiger partial charge >= 0.3 is 6.18 Å².